The van der Waals surface area contributed by atoms with Crippen LogP contribution in [0, 0.1) is 13.8 Å². The summed E-state index contributed by atoms with van der Waals surface area (Å²) in [6.45, 7) is 6.98. The predicted octanol–water partition coefficient (Wildman–Crippen LogP) is 2.07. The molecule has 0 saturated carbocycles. The van der Waals surface area contributed by atoms with Crippen molar-refractivity contribution in [3.05, 3.63) is 23.5 Å². The van der Waals surface area contributed by atoms with E-state index >= 15 is 0 Å². The Balaban J connectivity index is 2.81. The highest BCUT2D eigenvalue weighted by molar-refractivity contribution is 5.78. The minimum Gasteiger partial charge on any atom is -0.247 e. The zero-order valence-electron chi connectivity index (χ0n) is 8.20. The summed E-state index contributed by atoms with van der Waals surface area (Å²) >= 11 is 0. The summed E-state index contributed by atoms with van der Waals surface area (Å²) < 4.78 is 1.94. The largest absolute Gasteiger partial charge is 0.247 e. The molecule has 0 aliphatic rings. The molecule has 2 rings (SSSR count). The summed E-state index contributed by atoms with van der Waals surface area (Å²) in [4.78, 5) is 4.47. The summed E-state index contributed by atoms with van der Waals surface area (Å²) in [6.07, 6.45) is 0. The first-order chi connectivity index (χ1) is 6.22. The lowest BCUT2D eigenvalue weighted by atomic mass is 10.2. The number of aromatic nitrogens is 3. The third-order valence-electron chi connectivity index (χ3n) is 2.22. The van der Waals surface area contributed by atoms with Crippen molar-refractivity contribution >= 4 is 11.0 Å². The van der Waals surface area contributed by atoms with Crippen molar-refractivity contribution in [3.8, 4) is 0 Å². The Kier molecular flexibility index (Phi) is 1.79. The maximum absolute atomic E-state index is 4.47. The molecule has 2 aromatic rings. The molecule has 0 amide bonds. The monoisotopic (exact) mass is 175 g/mol. The van der Waals surface area contributed by atoms with E-state index in [1.54, 1.807) is 0 Å². The Hall–Kier alpha value is -1.38. The van der Waals surface area contributed by atoms with E-state index in [1.807, 2.05) is 24.6 Å². The van der Waals surface area contributed by atoms with Crippen LogP contribution in [0.1, 0.15) is 18.3 Å². The van der Waals surface area contributed by atoms with E-state index in [0.29, 0.717) is 0 Å². The molecule has 0 aromatic carbocycles. The zero-order valence-corrected chi connectivity index (χ0v) is 8.20. The van der Waals surface area contributed by atoms with Gasteiger partial charge in [0.15, 0.2) is 5.65 Å². The van der Waals surface area contributed by atoms with Gasteiger partial charge < -0.3 is 0 Å². The fourth-order valence-electron chi connectivity index (χ4n) is 1.52. The highest BCUT2D eigenvalue weighted by Crippen LogP contribution is 2.15. The van der Waals surface area contributed by atoms with Crippen molar-refractivity contribution in [2.24, 2.45) is 0 Å². The number of pyridine rings is 1. The van der Waals surface area contributed by atoms with E-state index in [4.69, 9.17) is 0 Å². The number of nitrogens with zero attached hydrogens (tertiary/aromatic N) is 3. The maximum Gasteiger partial charge on any atom is 0.158 e. The van der Waals surface area contributed by atoms with Gasteiger partial charge in [0.1, 0.15) is 0 Å². The smallest absolute Gasteiger partial charge is 0.158 e. The van der Waals surface area contributed by atoms with Gasteiger partial charge in [0, 0.05) is 17.6 Å². The third kappa shape index (κ3) is 1.20. The van der Waals surface area contributed by atoms with Crippen molar-refractivity contribution in [2.75, 3.05) is 0 Å². The number of aryl methyl sites for hydroxylation is 3. The van der Waals surface area contributed by atoms with Gasteiger partial charge in [0.2, 0.25) is 0 Å². The first kappa shape index (κ1) is 8.23. The van der Waals surface area contributed by atoms with Gasteiger partial charge in [-0.05, 0) is 32.9 Å². The first-order valence-corrected chi connectivity index (χ1v) is 4.53. The number of hydrogen-bond acceptors (Lipinski definition) is 2. The Morgan fingerprint density at radius 1 is 1.31 bits per heavy atom. The molecule has 2 heterocycles. The molecule has 0 atom stereocenters. The van der Waals surface area contributed by atoms with E-state index in [9.17, 15) is 0 Å². The van der Waals surface area contributed by atoms with Gasteiger partial charge in [-0.1, -0.05) is 0 Å². The van der Waals surface area contributed by atoms with Crippen molar-refractivity contribution in [2.45, 2.75) is 27.3 Å². The van der Waals surface area contributed by atoms with E-state index in [1.165, 1.54) is 0 Å². The lowest BCUT2D eigenvalue weighted by Gasteiger charge is -1.97. The van der Waals surface area contributed by atoms with Crippen LogP contribution in [0.5, 0.6) is 0 Å². The van der Waals surface area contributed by atoms with Crippen molar-refractivity contribution < 1.29 is 0 Å². The number of fused-ring (bicyclic) bond motifs is 1. The Morgan fingerprint density at radius 2 is 2.08 bits per heavy atom. The lowest BCUT2D eigenvalue weighted by molar-refractivity contribution is 0.669. The van der Waals surface area contributed by atoms with Gasteiger partial charge in [-0.15, -0.1) is 0 Å². The molecule has 0 aliphatic heterocycles. The molecule has 2 aromatic heterocycles. The number of hydrogen-bond donors (Lipinski definition) is 0. The predicted molar refractivity (Wildman–Crippen MR) is 52.7 cm³/mol. The van der Waals surface area contributed by atoms with Crippen molar-refractivity contribution in [1.29, 1.82) is 0 Å². The molecule has 3 nitrogen and oxygen atoms in total. The molecule has 13 heavy (non-hydrogen) atoms. The van der Waals surface area contributed by atoms with Gasteiger partial charge in [-0.25, -0.2) is 9.67 Å². The average molecular weight is 175 g/mol. The molecule has 0 saturated heterocycles. The van der Waals surface area contributed by atoms with Gasteiger partial charge in [0.05, 0.1) is 5.69 Å². The molecule has 0 bridgehead atoms. The van der Waals surface area contributed by atoms with Gasteiger partial charge in [-0.3, -0.25) is 0 Å². The van der Waals surface area contributed by atoms with Crippen molar-refractivity contribution in [1.82, 2.24) is 14.8 Å². The molecule has 0 fully saturated rings. The molecule has 0 radical (unpaired) electrons. The highest BCUT2D eigenvalue weighted by Gasteiger charge is 2.06. The lowest BCUT2D eigenvalue weighted by Crippen LogP contribution is -1.97. The molecule has 0 N–H and O–H groups in total. The van der Waals surface area contributed by atoms with E-state index in [2.05, 4.69) is 23.1 Å². The standard InChI is InChI=1S/C10H13N3/c1-4-13-10-9(8(3)12-13)6-5-7(2)11-10/h5-6H,4H2,1-3H3. The second kappa shape index (κ2) is 2.83. The molecular weight excluding hydrogens is 162 g/mol. The quantitative estimate of drug-likeness (QED) is 0.664. The van der Waals surface area contributed by atoms with Crippen LogP contribution in [0.25, 0.3) is 11.0 Å². The van der Waals surface area contributed by atoms with E-state index < -0.39 is 0 Å². The van der Waals surface area contributed by atoms with Crippen LogP contribution in [0.2, 0.25) is 0 Å². The number of rotatable bonds is 1. The van der Waals surface area contributed by atoms with Gasteiger partial charge in [-0.2, -0.15) is 5.10 Å². The van der Waals surface area contributed by atoms with Crippen LogP contribution in [-0.4, -0.2) is 14.8 Å². The van der Waals surface area contributed by atoms with Crippen LogP contribution >= 0.6 is 0 Å². The summed E-state index contributed by atoms with van der Waals surface area (Å²) in [7, 11) is 0. The Morgan fingerprint density at radius 3 is 2.77 bits per heavy atom. The fourth-order valence-corrected chi connectivity index (χ4v) is 1.52. The first-order valence-electron chi connectivity index (χ1n) is 4.53. The zero-order chi connectivity index (χ0) is 9.42. The van der Waals surface area contributed by atoms with Gasteiger partial charge in [0.25, 0.3) is 0 Å². The van der Waals surface area contributed by atoms with Crippen LogP contribution < -0.4 is 0 Å². The van der Waals surface area contributed by atoms with E-state index in [0.717, 1.165) is 29.0 Å². The molecule has 0 aliphatic carbocycles. The normalized spacial score (nSPS) is 11.0. The maximum atomic E-state index is 4.47. The van der Waals surface area contributed by atoms with Crippen LogP contribution in [-0.2, 0) is 6.54 Å². The summed E-state index contributed by atoms with van der Waals surface area (Å²) in [5.74, 6) is 0. The SMILES string of the molecule is CCn1nc(C)c2ccc(C)nc21. The Bertz CT molecular complexity index is 443. The van der Waals surface area contributed by atoms with Crippen LogP contribution in [0.3, 0.4) is 0 Å². The average Bonchev–Trinajstić information content (AvgIpc) is 2.42. The molecule has 3 heteroatoms. The van der Waals surface area contributed by atoms with E-state index in [-0.39, 0.29) is 0 Å². The second-order valence-electron chi connectivity index (χ2n) is 3.22. The minimum absolute atomic E-state index is 0.876. The summed E-state index contributed by atoms with van der Waals surface area (Å²) in [6, 6.07) is 4.11. The van der Waals surface area contributed by atoms with Crippen LogP contribution in [0.4, 0.5) is 0 Å². The van der Waals surface area contributed by atoms with Crippen molar-refractivity contribution in [3.63, 3.8) is 0 Å². The Labute approximate surface area is 77.4 Å². The fraction of sp³-hybridized carbons (Fsp3) is 0.400. The second-order valence-corrected chi connectivity index (χ2v) is 3.22. The topological polar surface area (TPSA) is 30.7 Å². The summed E-state index contributed by atoms with van der Waals surface area (Å²) in [5.41, 5.74) is 3.10. The summed E-state index contributed by atoms with van der Waals surface area (Å²) in [5, 5.41) is 5.56. The third-order valence-corrected chi connectivity index (χ3v) is 2.22. The minimum atomic E-state index is 0.876. The molecular formula is C10H13N3. The molecule has 68 valence electrons. The highest BCUT2D eigenvalue weighted by atomic mass is 15.3. The van der Waals surface area contributed by atoms with Crippen LogP contribution in [0.15, 0.2) is 12.1 Å². The molecule has 0 spiro atoms. The molecule has 0 unspecified atom stereocenters. The van der Waals surface area contributed by atoms with Gasteiger partial charge >= 0.3 is 0 Å².